The van der Waals surface area contributed by atoms with E-state index < -0.39 is 0 Å². The van der Waals surface area contributed by atoms with Crippen LogP contribution in [-0.2, 0) is 0 Å². The van der Waals surface area contributed by atoms with Crippen molar-refractivity contribution >= 4 is 42.1 Å². The summed E-state index contributed by atoms with van der Waals surface area (Å²) >= 11 is 5.78. The highest BCUT2D eigenvalue weighted by Crippen LogP contribution is 2.25. The Morgan fingerprint density at radius 1 is 1.18 bits per heavy atom. The van der Waals surface area contributed by atoms with Crippen LogP contribution in [0.5, 0.6) is 0 Å². The van der Waals surface area contributed by atoms with Crippen LogP contribution in [0.15, 0.2) is 18.3 Å². The maximum Gasteiger partial charge on any atom is 0.129 e. The van der Waals surface area contributed by atoms with Crippen molar-refractivity contribution in [1.29, 1.82) is 0 Å². The minimum absolute atomic E-state index is 0. The smallest absolute Gasteiger partial charge is 0.129 e. The van der Waals surface area contributed by atoms with Gasteiger partial charge in [-0.3, -0.25) is 0 Å². The quantitative estimate of drug-likeness (QED) is 0.807. The maximum atomic E-state index is 5.78. The van der Waals surface area contributed by atoms with E-state index in [0.29, 0.717) is 17.2 Å². The SMILES string of the molecule is Cl.Cl.Clc1ccc(N2CC3CCC(C2)N3)cn1. The average molecular weight is 297 g/mol. The van der Waals surface area contributed by atoms with Gasteiger partial charge in [0.1, 0.15) is 5.15 Å². The Hall–Kier alpha value is -0.220. The summed E-state index contributed by atoms with van der Waals surface area (Å²) in [7, 11) is 0. The van der Waals surface area contributed by atoms with Gasteiger partial charge in [0.25, 0.3) is 0 Å². The number of nitrogens with zero attached hydrogens (tertiary/aromatic N) is 2. The molecule has 17 heavy (non-hydrogen) atoms. The molecule has 0 aromatic carbocycles. The number of pyridine rings is 1. The van der Waals surface area contributed by atoms with Gasteiger partial charge >= 0.3 is 0 Å². The molecular weight excluding hydrogens is 281 g/mol. The summed E-state index contributed by atoms with van der Waals surface area (Å²) in [5.74, 6) is 0. The summed E-state index contributed by atoms with van der Waals surface area (Å²) in [5.41, 5.74) is 1.19. The highest BCUT2D eigenvalue weighted by atomic mass is 35.5. The molecule has 1 N–H and O–H groups in total. The monoisotopic (exact) mass is 295 g/mol. The Labute approximate surface area is 119 Å². The van der Waals surface area contributed by atoms with E-state index in [4.69, 9.17) is 11.6 Å². The minimum atomic E-state index is 0. The lowest BCUT2D eigenvalue weighted by atomic mass is 10.2. The van der Waals surface area contributed by atoms with Crippen molar-refractivity contribution in [3.8, 4) is 0 Å². The van der Waals surface area contributed by atoms with Gasteiger partial charge in [0.2, 0.25) is 0 Å². The Balaban J connectivity index is 0.000000722. The van der Waals surface area contributed by atoms with Crippen LogP contribution in [0.4, 0.5) is 5.69 Å². The molecule has 2 aliphatic heterocycles. The van der Waals surface area contributed by atoms with Crippen molar-refractivity contribution in [2.75, 3.05) is 18.0 Å². The molecule has 96 valence electrons. The number of halogens is 3. The lowest BCUT2D eigenvalue weighted by Gasteiger charge is -2.34. The number of piperazine rings is 1. The van der Waals surface area contributed by atoms with Gasteiger partial charge in [-0.05, 0) is 25.0 Å². The molecule has 3 rings (SSSR count). The van der Waals surface area contributed by atoms with Crippen LogP contribution in [0.3, 0.4) is 0 Å². The third-order valence-corrected chi connectivity index (χ3v) is 3.52. The molecule has 3 nitrogen and oxygen atoms in total. The van der Waals surface area contributed by atoms with Crippen LogP contribution >= 0.6 is 36.4 Å². The molecule has 0 saturated carbocycles. The first-order valence-corrected chi connectivity index (χ1v) is 5.81. The Kier molecular flexibility index (Phi) is 5.32. The van der Waals surface area contributed by atoms with E-state index in [1.54, 1.807) is 0 Å². The molecule has 2 aliphatic rings. The molecule has 0 amide bonds. The second-order valence-electron chi connectivity index (χ2n) is 4.38. The molecule has 3 heterocycles. The van der Waals surface area contributed by atoms with Gasteiger partial charge in [-0.1, -0.05) is 11.6 Å². The van der Waals surface area contributed by atoms with Crippen LogP contribution in [0.25, 0.3) is 0 Å². The molecule has 2 saturated heterocycles. The van der Waals surface area contributed by atoms with Gasteiger partial charge in [-0.2, -0.15) is 0 Å². The number of fused-ring (bicyclic) bond motifs is 2. The largest absolute Gasteiger partial charge is 0.367 e. The Morgan fingerprint density at radius 3 is 2.35 bits per heavy atom. The van der Waals surface area contributed by atoms with Crippen molar-refractivity contribution in [3.05, 3.63) is 23.5 Å². The number of rotatable bonds is 1. The fourth-order valence-corrected chi connectivity index (χ4v) is 2.67. The lowest BCUT2D eigenvalue weighted by molar-refractivity contribution is 0.465. The predicted octanol–water partition coefficient (Wildman–Crippen LogP) is 2.52. The van der Waals surface area contributed by atoms with E-state index in [0.717, 1.165) is 13.1 Å². The first kappa shape index (κ1) is 14.8. The second kappa shape index (κ2) is 6.10. The van der Waals surface area contributed by atoms with Gasteiger partial charge in [-0.15, -0.1) is 24.8 Å². The second-order valence-corrected chi connectivity index (χ2v) is 4.77. The summed E-state index contributed by atoms with van der Waals surface area (Å²) in [6.45, 7) is 2.19. The van der Waals surface area contributed by atoms with E-state index in [9.17, 15) is 0 Å². The Morgan fingerprint density at radius 2 is 1.82 bits per heavy atom. The molecule has 2 atom stereocenters. The van der Waals surface area contributed by atoms with E-state index in [2.05, 4.69) is 21.3 Å². The molecule has 1 aromatic rings. The van der Waals surface area contributed by atoms with Gasteiger partial charge < -0.3 is 10.2 Å². The zero-order chi connectivity index (χ0) is 10.3. The van der Waals surface area contributed by atoms with Crippen molar-refractivity contribution in [2.45, 2.75) is 24.9 Å². The highest BCUT2D eigenvalue weighted by molar-refractivity contribution is 6.29. The first-order valence-electron chi connectivity index (χ1n) is 5.44. The van der Waals surface area contributed by atoms with Crippen LogP contribution in [0.2, 0.25) is 5.15 Å². The van der Waals surface area contributed by atoms with Gasteiger partial charge in [0.15, 0.2) is 0 Å². The van der Waals surface area contributed by atoms with Gasteiger partial charge in [0.05, 0.1) is 11.9 Å². The number of anilines is 1. The molecule has 0 radical (unpaired) electrons. The summed E-state index contributed by atoms with van der Waals surface area (Å²) < 4.78 is 0. The predicted molar refractivity (Wildman–Crippen MR) is 75.9 cm³/mol. The van der Waals surface area contributed by atoms with E-state index in [1.807, 2.05) is 12.3 Å². The van der Waals surface area contributed by atoms with Crippen molar-refractivity contribution in [2.24, 2.45) is 0 Å². The number of nitrogens with one attached hydrogen (secondary N) is 1. The van der Waals surface area contributed by atoms with Crippen LogP contribution < -0.4 is 10.2 Å². The van der Waals surface area contributed by atoms with Crippen molar-refractivity contribution in [3.63, 3.8) is 0 Å². The van der Waals surface area contributed by atoms with Crippen molar-refractivity contribution < 1.29 is 0 Å². The third kappa shape index (κ3) is 3.16. The van der Waals surface area contributed by atoms with Crippen molar-refractivity contribution in [1.82, 2.24) is 10.3 Å². The zero-order valence-corrected chi connectivity index (χ0v) is 11.7. The summed E-state index contributed by atoms with van der Waals surface area (Å²) in [6, 6.07) is 5.25. The summed E-state index contributed by atoms with van der Waals surface area (Å²) in [5, 5.41) is 4.18. The molecule has 6 heteroatoms. The van der Waals surface area contributed by atoms with Crippen LogP contribution in [0.1, 0.15) is 12.8 Å². The fourth-order valence-electron chi connectivity index (χ4n) is 2.56. The molecule has 1 aromatic heterocycles. The maximum absolute atomic E-state index is 5.78. The van der Waals surface area contributed by atoms with E-state index in [1.165, 1.54) is 18.5 Å². The van der Waals surface area contributed by atoms with E-state index in [-0.39, 0.29) is 24.8 Å². The molecule has 2 unspecified atom stereocenters. The van der Waals surface area contributed by atoms with Crippen LogP contribution in [-0.4, -0.2) is 30.2 Å². The standard InChI is InChI=1S/C11H14ClN3.2ClH/c12-11-4-3-10(5-13-11)15-6-8-1-2-9(7-15)14-8;;/h3-5,8-9,14H,1-2,6-7H2;2*1H. The number of hydrogen-bond acceptors (Lipinski definition) is 3. The molecule has 2 bridgehead atoms. The molecule has 0 spiro atoms. The minimum Gasteiger partial charge on any atom is -0.367 e. The fraction of sp³-hybridized carbons (Fsp3) is 0.545. The molecule has 0 aliphatic carbocycles. The van der Waals surface area contributed by atoms with E-state index >= 15 is 0 Å². The number of aromatic nitrogens is 1. The van der Waals surface area contributed by atoms with Gasteiger partial charge in [-0.25, -0.2) is 4.98 Å². The van der Waals surface area contributed by atoms with Gasteiger partial charge in [0, 0.05) is 25.2 Å². The molecule has 2 fully saturated rings. The van der Waals surface area contributed by atoms with Crippen LogP contribution in [0, 0.1) is 0 Å². The lowest BCUT2D eigenvalue weighted by Crippen LogP contribution is -2.51. The normalized spacial score (nSPS) is 26.1. The average Bonchev–Trinajstić information content (AvgIpc) is 2.59. The topological polar surface area (TPSA) is 28.2 Å². The third-order valence-electron chi connectivity index (χ3n) is 3.29. The zero-order valence-electron chi connectivity index (χ0n) is 9.30. The number of hydrogen-bond donors (Lipinski definition) is 1. The first-order chi connectivity index (χ1) is 7.31. The highest BCUT2D eigenvalue weighted by Gasteiger charge is 2.32. The Bertz CT molecular complexity index is 345. The summed E-state index contributed by atoms with van der Waals surface area (Å²) in [6.07, 6.45) is 4.48. The summed E-state index contributed by atoms with van der Waals surface area (Å²) in [4.78, 5) is 6.53. The molecular formula is C11H16Cl3N3.